The first kappa shape index (κ1) is 18.8. The van der Waals surface area contributed by atoms with Crippen LogP contribution < -0.4 is 15.8 Å². The Kier molecular flexibility index (Phi) is 6.70. The predicted octanol–water partition coefficient (Wildman–Crippen LogP) is 1.14. The van der Waals surface area contributed by atoms with Gasteiger partial charge in [-0.25, -0.2) is 13.6 Å². The van der Waals surface area contributed by atoms with Crippen molar-refractivity contribution < 1.29 is 8.42 Å². The summed E-state index contributed by atoms with van der Waals surface area (Å²) in [5.41, 5.74) is 0.944. The largest absolute Gasteiger partial charge is 0.355 e. The van der Waals surface area contributed by atoms with Crippen molar-refractivity contribution in [3.8, 4) is 0 Å². The Morgan fingerprint density at radius 3 is 2.32 bits per heavy atom. The number of benzene rings is 1. The van der Waals surface area contributed by atoms with Crippen molar-refractivity contribution >= 4 is 27.7 Å². The van der Waals surface area contributed by atoms with Gasteiger partial charge in [-0.2, -0.15) is 11.8 Å². The molecule has 0 amide bonds. The average molecular weight is 345 g/mol. The lowest BCUT2D eigenvalue weighted by Crippen LogP contribution is -2.42. The Bertz CT molecular complexity index is 610. The third kappa shape index (κ3) is 6.25. The van der Waals surface area contributed by atoms with Crippen molar-refractivity contribution in [2.24, 2.45) is 10.1 Å². The molecule has 1 aromatic carbocycles. The number of nitrogens with zero attached hydrogens (tertiary/aromatic N) is 1. The number of primary sulfonamides is 1. The van der Waals surface area contributed by atoms with Crippen LogP contribution in [-0.4, -0.2) is 39.0 Å². The molecule has 8 heteroatoms. The van der Waals surface area contributed by atoms with Gasteiger partial charge in [-0.15, -0.1) is 0 Å². The summed E-state index contributed by atoms with van der Waals surface area (Å²) in [4.78, 5) is 4.28. The number of thioether (sulfide) groups is 1. The number of nitrogens with two attached hydrogens (primary N) is 1. The summed E-state index contributed by atoms with van der Waals surface area (Å²) >= 11 is 1.78. The number of hydrogen-bond donors (Lipinski definition) is 3. The normalized spacial score (nSPS) is 13.0. The topological polar surface area (TPSA) is 96.6 Å². The molecule has 0 unspecified atom stereocenters. The van der Waals surface area contributed by atoms with E-state index < -0.39 is 10.0 Å². The highest BCUT2D eigenvalue weighted by Gasteiger charge is 2.16. The van der Waals surface area contributed by atoms with Crippen molar-refractivity contribution in [3.05, 3.63) is 29.8 Å². The molecule has 0 bridgehead atoms. The fraction of sp³-hybridized carbons (Fsp3) is 0.500. The van der Waals surface area contributed by atoms with E-state index in [0.717, 1.165) is 12.1 Å². The Labute approximate surface area is 137 Å². The molecule has 0 radical (unpaired) electrons. The number of nitrogens with one attached hydrogen (secondary N) is 2. The lowest BCUT2D eigenvalue weighted by Gasteiger charge is -2.23. The van der Waals surface area contributed by atoms with Crippen LogP contribution >= 0.6 is 11.8 Å². The van der Waals surface area contributed by atoms with Crippen molar-refractivity contribution in [2.75, 3.05) is 19.8 Å². The van der Waals surface area contributed by atoms with E-state index in [1.165, 1.54) is 12.1 Å². The highest BCUT2D eigenvalue weighted by Crippen LogP contribution is 2.19. The monoisotopic (exact) mass is 344 g/mol. The smallest absolute Gasteiger partial charge is 0.238 e. The molecule has 6 nitrogen and oxygen atoms in total. The molecule has 124 valence electrons. The fourth-order valence-electron chi connectivity index (χ4n) is 1.57. The van der Waals surface area contributed by atoms with Crippen LogP contribution in [-0.2, 0) is 16.6 Å². The molecule has 0 saturated heterocycles. The van der Waals surface area contributed by atoms with Gasteiger partial charge in [0.25, 0.3) is 0 Å². The summed E-state index contributed by atoms with van der Waals surface area (Å²) in [6, 6.07) is 6.45. The lowest BCUT2D eigenvalue weighted by atomic mass is 10.2. The van der Waals surface area contributed by atoms with Crippen molar-refractivity contribution in [2.45, 2.75) is 30.0 Å². The molecule has 0 saturated carbocycles. The molecule has 22 heavy (non-hydrogen) atoms. The second-order valence-corrected chi connectivity index (χ2v) is 8.51. The molecule has 4 N–H and O–H groups in total. The molecule has 0 aliphatic heterocycles. The van der Waals surface area contributed by atoms with Crippen LogP contribution in [0.1, 0.15) is 19.4 Å². The van der Waals surface area contributed by atoms with E-state index in [1.807, 2.05) is 0 Å². The van der Waals surface area contributed by atoms with Gasteiger partial charge in [0, 0.05) is 24.9 Å². The minimum absolute atomic E-state index is 0.112. The van der Waals surface area contributed by atoms with Crippen molar-refractivity contribution in [1.82, 2.24) is 10.6 Å². The fourth-order valence-corrected chi connectivity index (χ4v) is 2.30. The SMILES string of the molecule is CN=C(NCc1ccc(S(N)(=O)=O)cc1)NCC(C)(C)SC. The van der Waals surface area contributed by atoms with Crippen LogP contribution in [0.25, 0.3) is 0 Å². The molecule has 0 fully saturated rings. The second kappa shape index (κ2) is 7.85. The first-order valence-electron chi connectivity index (χ1n) is 6.79. The van der Waals surface area contributed by atoms with E-state index in [-0.39, 0.29) is 9.64 Å². The number of aliphatic imine (C=N–C) groups is 1. The van der Waals surface area contributed by atoms with Gasteiger partial charge in [-0.05, 0) is 37.8 Å². The van der Waals surface area contributed by atoms with Crippen molar-refractivity contribution in [1.29, 1.82) is 0 Å². The van der Waals surface area contributed by atoms with Crippen LogP contribution in [0.3, 0.4) is 0 Å². The summed E-state index contributed by atoms with van der Waals surface area (Å²) in [5, 5.41) is 11.5. The van der Waals surface area contributed by atoms with Crippen LogP contribution in [0.4, 0.5) is 0 Å². The zero-order chi connectivity index (χ0) is 16.8. The Morgan fingerprint density at radius 1 is 1.27 bits per heavy atom. The van der Waals surface area contributed by atoms with Gasteiger partial charge in [0.1, 0.15) is 0 Å². The van der Waals surface area contributed by atoms with Crippen LogP contribution in [0, 0.1) is 0 Å². The van der Waals surface area contributed by atoms with E-state index >= 15 is 0 Å². The van der Waals surface area contributed by atoms with Gasteiger partial charge < -0.3 is 10.6 Å². The number of sulfonamides is 1. The molecule has 0 aliphatic carbocycles. The number of hydrogen-bond acceptors (Lipinski definition) is 4. The van der Waals surface area contributed by atoms with E-state index in [9.17, 15) is 8.42 Å². The Morgan fingerprint density at radius 2 is 1.86 bits per heavy atom. The first-order valence-corrected chi connectivity index (χ1v) is 9.56. The van der Waals surface area contributed by atoms with Crippen LogP contribution in [0.5, 0.6) is 0 Å². The standard InChI is InChI=1S/C14H24N4O2S2/c1-14(2,21-4)10-18-13(16-3)17-9-11-5-7-12(8-6-11)22(15,19)20/h5-8H,9-10H2,1-4H3,(H2,15,19,20)(H2,16,17,18). The van der Waals surface area contributed by atoms with E-state index in [4.69, 9.17) is 5.14 Å². The van der Waals surface area contributed by atoms with E-state index in [1.54, 1.807) is 30.9 Å². The average Bonchev–Trinajstić information content (AvgIpc) is 2.47. The molecule has 1 rings (SSSR count). The van der Waals surface area contributed by atoms with Crippen LogP contribution in [0.15, 0.2) is 34.2 Å². The predicted molar refractivity (Wildman–Crippen MR) is 93.6 cm³/mol. The Hall–Kier alpha value is -1.25. The van der Waals surface area contributed by atoms with Gasteiger partial charge in [-0.3, -0.25) is 4.99 Å². The minimum atomic E-state index is -3.64. The maximum Gasteiger partial charge on any atom is 0.238 e. The first-order chi connectivity index (χ1) is 10.2. The highest BCUT2D eigenvalue weighted by molar-refractivity contribution is 7.99. The molecular weight excluding hydrogens is 320 g/mol. The van der Waals surface area contributed by atoms with Crippen molar-refractivity contribution in [3.63, 3.8) is 0 Å². The summed E-state index contributed by atoms with van der Waals surface area (Å²) in [6.07, 6.45) is 2.07. The summed E-state index contributed by atoms with van der Waals surface area (Å²) in [5.74, 6) is 0.706. The number of guanidine groups is 1. The Balaban J connectivity index is 2.57. The quantitative estimate of drug-likeness (QED) is 0.531. The molecule has 0 aliphatic rings. The number of rotatable bonds is 6. The van der Waals surface area contributed by atoms with Gasteiger partial charge in [0.15, 0.2) is 5.96 Å². The van der Waals surface area contributed by atoms with Crippen LogP contribution in [0.2, 0.25) is 0 Å². The second-order valence-electron chi connectivity index (χ2n) is 5.43. The van der Waals surface area contributed by atoms with Gasteiger partial charge >= 0.3 is 0 Å². The van der Waals surface area contributed by atoms with E-state index in [0.29, 0.717) is 12.5 Å². The summed E-state index contributed by atoms with van der Waals surface area (Å²) < 4.78 is 22.5. The summed E-state index contributed by atoms with van der Waals surface area (Å²) in [7, 11) is -1.93. The molecular formula is C14H24N4O2S2. The van der Waals surface area contributed by atoms with Gasteiger partial charge in [0.2, 0.25) is 10.0 Å². The van der Waals surface area contributed by atoms with Gasteiger partial charge in [0.05, 0.1) is 4.90 Å². The van der Waals surface area contributed by atoms with Gasteiger partial charge in [-0.1, -0.05) is 12.1 Å². The molecule has 1 aromatic rings. The maximum atomic E-state index is 11.2. The third-order valence-corrected chi connectivity index (χ3v) is 5.35. The molecule has 0 heterocycles. The summed E-state index contributed by atoms with van der Waals surface area (Å²) in [6.45, 7) is 5.65. The van der Waals surface area contributed by atoms with E-state index in [2.05, 4.69) is 35.7 Å². The zero-order valence-electron chi connectivity index (χ0n) is 13.4. The highest BCUT2D eigenvalue weighted by atomic mass is 32.2. The lowest BCUT2D eigenvalue weighted by molar-refractivity contribution is 0.597. The zero-order valence-corrected chi connectivity index (χ0v) is 15.0. The molecule has 0 spiro atoms. The minimum Gasteiger partial charge on any atom is -0.355 e. The molecule has 0 aromatic heterocycles. The third-order valence-electron chi connectivity index (χ3n) is 3.17. The maximum absolute atomic E-state index is 11.2. The molecule has 0 atom stereocenters.